The van der Waals surface area contributed by atoms with Gasteiger partial charge >= 0.3 is 5.97 Å². The summed E-state index contributed by atoms with van der Waals surface area (Å²) in [6.45, 7) is -0.342. The van der Waals surface area contributed by atoms with Gasteiger partial charge in [0.25, 0.3) is 0 Å². The van der Waals surface area contributed by atoms with Gasteiger partial charge in [0.05, 0.1) is 12.2 Å². The molecule has 4 heteroatoms. The van der Waals surface area contributed by atoms with E-state index in [1.807, 2.05) is 12.1 Å². The highest BCUT2D eigenvalue weighted by atomic mass is 16.5. The molecule has 3 rings (SSSR count). The van der Waals surface area contributed by atoms with E-state index in [1.54, 1.807) is 30.3 Å². The van der Waals surface area contributed by atoms with Gasteiger partial charge in [-0.15, -0.1) is 0 Å². The van der Waals surface area contributed by atoms with E-state index in [4.69, 9.17) is 9.84 Å². The number of ether oxygens (including phenoxy) is 1. The Labute approximate surface area is 134 Å². The lowest BCUT2D eigenvalue weighted by Gasteiger charge is -2.06. The second kappa shape index (κ2) is 6.75. The summed E-state index contributed by atoms with van der Waals surface area (Å²) in [6, 6.07) is 12.2. The van der Waals surface area contributed by atoms with Crippen molar-refractivity contribution in [1.29, 1.82) is 0 Å². The van der Waals surface area contributed by atoms with Gasteiger partial charge in [-0.3, -0.25) is 4.79 Å². The van der Waals surface area contributed by atoms with Crippen LogP contribution in [0.3, 0.4) is 0 Å². The fraction of sp³-hybridized carbons (Fsp3) is 0.263. The molecule has 2 aromatic carbocycles. The SMILES string of the molecule is O=C(COC(=O)c1ccc(CO)cc1)c1ccc2c(c1)CCC2. The zero-order chi connectivity index (χ0) is 16.2. The molecule has 118 valence electrons. The normalized spacial score (nSPS) is 12.7. The molecular weight excluding hydrogens is 292 g/mol. The van der Waals surface area contributed by atoms with E-state index in [1.165, 1.54) is 11.1 Å². The Balaban J connectivity index is 1.60. The molecule has 0 bridgehead atoms. The highest BCUT2D eigenvalue weighted by Gasteiger charge is 2.15. The summed E-state index contributed by atoms with van der Waals surface area (Å²) in [6.07, 6.45) is 3.21. The highest BCUT2D eigenvalue weighted by molar-refractivity contribution is 5.99. The summed E-state index contributed by atoms with van der Waals surface area (Å²) >= 11 is 0. The van der Waals surface area contributed by atoms with Gasteiger partial charge in [0.2, 0.25) is 0 Å². The van der Waals surface area contributed by atoms with Crippen LogP contribution in [0.5, 0.6) is 0 Å². The summed E-state index contributed by atoms with van der Waals surface area (Å²) in [7, 11) is 0. The zero-order valence-electron chi connectivity index (χ0n) is 12.7. The van der Waals surface area contributed by atoms with E-state index < -0.39 is 5.97 Å². The van der Waals surface area contributed by atoms with Crippen LogP contribution in [0, 0.1) is 0 Å². The van der Waals surface area contributed by atoms with Gasteiger partial charge in [-0.25, -0.2) is 4.79 Å². The Morgan fingerprint density at radius 2 is 1.65 bits per heavy atom. The first-order chi connectivity index (χ1) is 11.2. The van der Waals surface area contributed by atoms with Crippen molar-refractivity contribution in [2.75, 3.05) is 6.61 Å². The number of carbonyl (C=O) groups is 2. The maximum Gasteiger partial charge on any atom is 0.338 e. The highest BCUT2D eigenvalue weighted by Crippen LogP contribution is 2.23. The Hall–Kier alpha value is -2.46. The Kier molecular flexibility index (Phi) is 4.53. The van der Waals surface area contributed by atoms with Crippen molar-refractivity contribution in [3.8, 4) is 0 Å². The number of rotatable bonds is 5. The van der Waals surface area contributed by atoms with E-state index in [2.05, 4.69) is 0 Å². The van der Waals surface area contributed by atoms with Crippen LogP contribution in [0.15, 0.2) is 42.5 Å². The number of fused-ring (bicyclic) bond motifs is 1. The van der Waals surface area contributed by atoms with E-state index in [0.29, 0.717) is 11.1 Å². The molecule has 0 aliphatic heterocycles. The Bertz CT molecular complexity index is 732. The topological polar surface area (TPSA) is 63.6 Å². The third-order valence-electron chi connectivity index (χ3n) is 4.13. The van der Waals surface area contributed by atoms with E-state index in [-0.39, 0.29) is 19.0 Å². The van der Waals surface area contributed by atoms with Gasteiger partial charge in [-0.1, -0.05) is 24.3 Å². The summed E-state index contributed by atoms with van der Waals surface area (Å²) in [5.41, 5.74) is 4.21. The van der Waals surface area contributed by atoms with Crippen molar-refractivity contribution in [3.63, 3.8) is 0 Å². The zero-order valence-corrected chi connectivity index (χ0v) is 12.7. The molecule has 1 aliphatic rings. The second-order valence-corrected chi connectivity index (χ2v) is 5.69. The molecule has 1 N–H and O–H groups in total. The van der Waals surface area contributed by atoms with Crippen molar-refractivity contribution in [2.24, 2.45) is 0 Å². The molecule has 23 heavy (non-hydrogen) atoms. The van der Waals surface area contributed by atoms with Gasteiger partial charge < -0.3 is 9.84 Å². The minimum absolute atomic E-state index is 0.0772. The van der Waals surface area contributed by atoms with Gasteiger partial charge in [0.15, 0.2) is 12.4 Å². The first kappa shape index (κ1) is 15.4. The number of ketones is 1. The number of hydrogen-bond acceptors (Lipinski definition) is 4. The average Bonchev–Trinajstić information content (AvgIpc) is 3.07. The molecule has 0 atom stereocenters. The summed E-state index contributed by atoms with van der Waals surface area (Å²) in [4.78, 5) is 24.1. The fourth-order valence-corrected chi connectivity index (χ4v) is 2.79. The number of esters is 1. The van der Waals surface area contributed by atoms with Gasteiger partial charge in [0, 0.05) is 5.56 Å². The molecule has 0 unspecified atom stereocenters. The molecule has 0 radical (unpaired) electrons. The predicted molar refractivity (Wildman–Crippen MR) is 85.4 cm³/mol. The van der Waals surface area contributed by atoms with Crippen molar-refractivity contribution in [1.82, 2.24) is 0 Å². The van der Waals surface area contributed by atoms with Gasteiger partial charge in [-0.2, -0.15) is 0 Å². The first-order valence-electron chi connectivity index (χ1n) is 7.69. The fourth-order valence-electron chi connectivity index (χ4n) is 2.79. The molecule has 0 heterocycles. The largest absolute Gasteiger partial charge is 0.454 e. The van der Waals surface area contributed by atoms with Crippen molar-refractivity contribution < 1.29 is 19.4 Å². The number of aryl methyl sites for hydroxylation is 2. The van der Waals surface area contributed by atoms with Crippen LogP contribution in [-0.2, 0) is 24.2 Å². The molecule has 0 aromatic heterocycles. The van der Waals surface area contributed by atoms with Crippen molar-refractivity contribution >= 4 is 11.8 Å². The molecular formula is C19H18O4. The summed E-state index contributed by atoms with van der Waals surface area (Å²) < 4.78 is 5.09. The summed E-state index contributed by atoms with van der Waals surface area (Å²) in [5.74, 6) is -0.732. The standard InChI is InChI=1S/C19H18O4/c20-11-13-4-6-15(7-5-13)19(22)23-12-18(21)17-9-8-14-2-1-3-16(14)10-17/h4-10,20H,1-3,11-12H2. The Morgan fingerprint density at radius 3 is 2.39 bits per heavy atom. The first-order valence-corrected chi connectivity index (χ1v) is 7.69. The second-order valence-electron chi connectivity index (χ2n) is 5.69. The summed E-state index contributed by atoms with van der Waals surface area (Å²) in [5, 5.41) is 8.98. The quantitative estimate of drug-likeness (QED) is 0.681. The Morgan fingerprint density at radius 1 is 0.957 bits per heavy atom. The van der Waals surface area contributed by atoms with Gasteiger partial charge in [-0.05, 0) is 54.2 Å². The van der Waals surface area contributed by atoms with Crippen LogP contribution in [0.1, 0.15) is 43.8 Å². The molecule has 4 nitrogen and oxygen atoms in total. The predicted octanol–water partition coefficient (Wildman–Crippen LogP) is 2.71. The lowest BCUT2D eigenvalue weighted by Crippen LogP contribution is -2.14. The molecule has 0 fully saturated rings. The third-order valence-corrected chi connectivity index (χ3v) is 4.13. The lowest BCUT2D eigenvalue weighted by atomic mass is 10.0. The maximum absolute atomic E-state index is 12.2. The van der Waals surface area contributed by atoms with Crippen LogP contribution in [-0.4, -0.2) is 23.5 Å². The molecule has 2 aromatic rings. The van der Waals surface area contributed by atoms with E-state index >= 15 is 0 Å². The van der Waals surface area contributed by atoms with E-state index in [0.717, 1.165) is 24.8 Å². The molecule has 0 spiro atoms. The minimum atomic E-state index is -0.538. The maximum atomic E-state index is 12.2. The van der Waals surface area contributed by atoms with Crippen molar-refractivity contribution in [3.05, 3.63) is 70.3 Å². The van der Waals surface area contributed by atoms with Crippen LogP contribution >= 0.6 is 0 Å². The van der Waals surface area contributed by atoms with Crippen LogP contribution in [0.2, 0.25) is 0 Å². The number of benzene rings is 2. The monoisotopic (exact) mass is 310 g/mol. The van der Waals surface area contributed by atoms with Crippen LogP contribution in [0.4, 0.5) is 0 Å². The number of carbonyl (C=O) groups excluding carboxylic acids is 2. The molecule has 1 aliphatic carbocycles. The number of Topliss-reactive ketones (excluding diaryl/α,β-unsaturated/α-hetero) is 1. The molecule has 0 saturated heterocycles. The minimum Gasteiger partial charge on any atom is -0.454 e. The number of hydrogen-bond donors (Lipinski definition) is 1. The molecule has 0 amide bonds. The lowest BCUT2D eigenvalue weighted by molar-refractivity contribution is 0.0474. The number of aliphatic hydroxyl groups excluding tert-OH is 1. The molecule has 0 saturated carbocycles. The third kappa shape index (κ3) is 3.48. The van der Waals surface area contributed by atoms with Crippen molar-refractivity contribution in [2.45, 2.75) is 25.9 Å². The average molecular weight is 310 g/mol. The number of aliphatic hydroxyl groups is 1. The van der Waals surface area contributed by atoms with E-state index in [9.17, 15) is 9.59 Å². The smallest absolute Gasteiger partial charge is 0.338 e. The van der Waals surface area contributed by atoms with Crippen LogP contribution in [0.25, 0.3) is 0 Å². The van der Waals surface area contributed by atoms with Crippen LogP contribution < -0.4 is 0 Å². The van der Waals surface area contributed by atoms with Gasteiger partial charge in [0.1, 0.15) is 0 Å².